The molecule has 1 fully saturated rings. The van der Waals surface area contributed by atoms with E-state index in [4.69, 9.17) is 0 Å². The van der Waals surface area contributed by atoms with E-state index in [1.165, 1.54) is 18.3 Å². The van der Waals surface area contributed by atoms with Crippen LogP contribution in [0.4, 0.5) is 0 Å². The van der Waals surface area contributed by atoms with Crippen molar-refractivity contribution in [2.45, 2.75) is 39.2 Å². The van der Waals surface area contributed by atoms with E-state index < -0.39 is 10.0 Å². The molecule has 1 amide bonds. The zero-order valence-corrected chi connectivity index (χ0v) is 15.9. The van der Waals surface area contributed by atoms with Gasteiger partial charge in [0.15, 0.2) is 5.78 Å². The van der Waals surface area contributed by atoms with Gasteiger partial charge in [-0.25, -0.2) is 13.1 Å². The Morgan fingerprint density at radius 1 is 1.38 bits per heavy atom. The number of likely N-dealkylation sites (tertiary alicyclic amines) is 1. The number of amides is 1. The molecule has 1 aliphatic rings. The second kappa shape index (κ2) is 7.76. The van der Waals surface area contributed by atoms with Crippen molar-refractivity contribution in [3.8, 4) is 0 Å². The van der Waals surface area contributed by atoms with Crippen molar-refractivity contribution in [1.29, 1.82) is 0 Å². The summed E-state index contributed by atoms with van der Waals surface area (Å²) in [6.07, 6.45) is 3.22. The molecule has 6 nitrogen and oxygen atoms in total. The zero-order chi connectivity index (χ0) is 17.9. The second-order valence-electron chi connectivity index (χ2n) is 6.40. The van der Waals surface area contributed by atoms with E-state index in [0.717, 1.165) is 24.7 Å². The maximum atomic E-state index is 12.5. The van der Waals surface area contributed by atoms with Crippen LogP contribution in [0.25, 0.3) is 0 Å². The van der Waals surface area contributed by atoms with Crippen LogP contribution in [0, 0.1) is 5.92 Å². The summed E-state index contributed by atoms with van der Waals surface area (Å²) in [7, 11) is -3.30. The molecule has 2 rings (SSSR count). The van der Waals surface area contributed by atoms with Gasteiger partial charge in [-0.1, -0.05) is 13.3 Å². The number of ketones is 1. The maximum Gasteiger partial charge on any atom is 0.227 e. The molecule has 8 heteroatoms. The first kappa shape index (κ1) is 19.1. The Bertz CT molecular complexity index is 711. The van der Waals surface area contributed by atoms with Gasteiger partial charge in [0, 0.05) is 19.1 Å². The molecule has 0 spiro atoms. The van der Waals surface area contributed by atoms with Crippen LogP contribution in [0.15, 0.2) is 11.4 Å². The molecule has 0 saturated carbocycles. The van der Waals surface area contributed by atoms with Crippen LogP contribution in [0.3, 0.4) is 0 Å². The number of sulfonamides is 1. The molecule has 0 bridgehead atoms. The minimum Gasteiger partial charge on any atom is -0.340 e. The number of thiophene rings is 1. The van der Waals surface area contributed by atoms with Crippen molar-refractivity contribution >= 4 is 33.1 Å². The lowest BCUT2D eigenvalue weighted by atomic mass is 9.99. The van der Waals surface area contributed by atoms with Gasteiger partial charge in [0.05, 0.1) is 17.6 Å². The molecular formula is C16H24N2O4S2. The van der Waals surface area contributed by atoms with Crippen molar-refractivity contribution in [3.63, 3.8) is 0 Å². The normalized spacial score (nSPS) is 21.2. The predicted molar refractivity (Wildman–Crippen MR) is 94.8 cm³/mol. The molecule has 1 N–H and O–H groups in total. The Morgan fingerprint density at radius 2 is 2.08 bits per heavy atom. The van der Waals surface area contributed by atoms with Gasteiger partial charge in [-0.05, 0) is 36.3 Å². The Hall–Kier alpha value is -1.25. The highest BCUT2D eigenvalue weighted by Crippen LogP contribution is 2.24. The van der Waals surface area contributed by atoms with Crippen LogP contribution in [0.2, 0.25) is 0 Å². The Labute approximate surface area is 147 Å². The molecule has 1 saturated heterocycles. The molecule has 0 unspecified atom stereocenters. The standard InChI is InChI=1S/C16H24N2O4S2/c1-4-5-13-8-18(9-14(13)17-24(3,21)22)16(20)7-12-6-15(11(2)19)23-10-12/h6,10,13-14,17H,4-5,7-9H2,1-3H3/t13-,14-/m1/s1. The Balaban J connectivity index is 2.02. The number of hydrogen-bond acceptors (Lipinski definition) is 5. The van der Waals surface area contributed by atoms with Crippen molar-refractivity contribution < 1.29 is 18.0 Å². The van der Waals surface area contributed by atoms with E-state index in [0.29, 0.717) is 18.0 Å². The molecule has 1 aromatic heterocycles. The Morgan fingerprint density at radius 3 is 2.62 bits per heavy atom. The molecule has 1 aromatic rings. The van der Waals surface area contributed by atoms with Gasteiger partial charge in [-0.15, -0.1) is 11.3 Å². The highest BCUT2D eigenvalue weighted by Gasteiger charge is 2.36. The second-order valence-corrected chi connectivity index (χ2v) is 9.09. The topological polar surface area (TPSA) is 83.6 Å². The van der Waals surface area contributed by atoms with Crippen molar-refractivity contribution in [3.05, 3.63) is 21.9 Å². The fraction of sp³-hybridized carbons (Fsp3) is 0.625. The van der Waals surface area contributed by atoms with E-state index in [-0.39, 0.29) is 30.1 Å². The van der Waals surface area contributed by atoms with Crippen molar-refractivity contribution in [1.82, 2.24) is 9.62 Å². The summed E-state index contributed by atoms with van der Waals surface area (Å²) in [5.41, 5.74) is 0.835. The average Bonchev–Trinajstić information content (AvgIpc) is 3.05. The zero-order valence-electron chi connectivity index (χ0n) is 14.2. The van der Waals surface area contributed by atoms with Gasteiger partial charge < -0.3 is 4.90 Å². The third-order valence-corrected chi connectivity index (χ3v) is 5.99. The van der Waals surface area contributed by atoms with E-state index in [1.54, 1.807) is 11.0 Å². The fourth-order valence-electron chi connectivity index (χ4n) is 3.09. The third kappa shape index (κ3) is 5.12. The summed E-state index contributed by atoms with van der Waals surface area (Å²) in [6, 6.07) is 1.54. The number of Topliss-reactive ketones (excluding diaryl/α,β-unsaturated/α-hetero) is 1. The highest BCUT2D eigenvalue weighted by atomic mass is 32.2. The number of nitrogens with zero attached hydrogens (tertiary/aromatic N) is 1. The first-order chi connectivity index (χ1) is 11.2. The van der Waals surface area contributed by atoms with Gasteiger partial charge in [-0.3, -0.25) is 9.59 Å². The molecule has 24 heavy (non-hydrogen) atoms. The van der Waals surface area contributed by atoms with E-state index in [2.05, 4.69) is 11.6 Å². The molecular weight excluding hydrogens is 348 g/mol. The van der Waals surface area contributed by atoms with Crippen LogP contribution in [-0.2, 0) is 21.2 Å². The quantitative estimate of drug-likeness (QED) is 0.738. The third-order valence-electron chi connectivity index (χ3n) is 4.17. The molecule has 2 heterocycles. The van der Waals surface area contributed by atoms with Crippen LogP contribution in [0.5, 0.6) is 0 Å². The van der Waals surface area contributed by atoms with E-state index in [9.17, 15) is 18.0 Å². The Kier molecular flexibility index (Phi) is 6.17. The first-order valence-electron chi connectivity index (χ1n) is 8.03. The summed E-state index contributed by atoms with van der Waals surface area (Å²) in [4.78, 5) is 26.2. The highest BCUT2D eigenvalue weighted by molar-refractivity contribution is 7.88. The smallest absolute Gasteiger partial charge is 0.227 e. The summed E-state index contributed by atoms with van der Waals surface area (Å²) < 4.78 is 25.7. The average molecular weight is 373 g/mol. The van der Waals surface area contributed by atoms with Crippen LogP contribution >= 0.6 is 11.3 Å². The number of carbonyl (C=O) groups excluding carboxylic acids is 2. The molecule has 0 aliphatic carbocycles. The minimum atomic E-state index is -3.30. The maximum absolute atomic E-state index is 12.5. The van der Waals surface area contributed by atoms with Crippen LogP contribution in [0.1, 0.15) is 41.9 Å². The largest absolute Gasteiger partial charge is 0.340 e. The van der Waals surface area contributed by atoms with Gasteiger partial charge in [-0.2, -0.15) is 0 Å². The van der Waals surface area contributed by atoms with Gasteiger partial charge >= 0.3 is 0 Å². The SMILES string of the molecule is CCC[C@@H]1CN(C(=O)Cc2csc(C(C)=O)c2)C[C@H]1NS(C)(=O)=O. The van der Waals surface area contributed by atoms with E-state index >= 15 is 0 Å². The van der Waals surface area contributed by atoms with Crippen LogP contribution < -0.4 is 4.72 Å². The van der Waals surface area contributed by atoms with Crippen LogP contribution in [-0.4, -0.2) is 50.4 Å². The summed E-state index contributed by atoms with van der Waals surface area (Å²) in [5, 5.41) is 1.83. The molecule has 1 aliphatic heterocycles. The molecule has 0 radical (unpaired) electrons. The van der Waals surface area contributed by atoms with Gasteiger partial charge in [0.25, 0.3) is 0 Å². The monoisotopic (exact) mass is 372 g/mol. The molecule has 134 valence electrons. The fourth-order valence-corrected chi connectivity index (χ4v) is 4.72. The van der Waals surface area contributed by atoms with Crippen molar-refractivity contribution in [2.75, 3.05) is 19.3 Å². The predicted octanol–water partition coefficient (Wildman–Crippen LogP) is 1.67. The van der Waals surface area contributed by atoms with E-state index in [1.807, 2.05) is 5.38 Å². The first-order valence-corrected chi connectivity index (χ1v) is 10.8. The van der Waals surface area contributed by atoms with Gasteiger partial charge in [0.1, 0.15) is 0 Å². The summed E-state index contributed by atoms with van der Waals surface area (Å²) >= 11 is 1.35. The molecule has 0 aromatic carbocycles. The lowest BCUT2D eigenvalue weighted by Gasteiger charge is -2.17. The number of nitrogens with one attached hydrogen (secondary N) is 1. The molecule has 2 atom stereocenters. The number of carbonyl (C=O) groups is 2. The lowest BCUT2D eigenvalue weighted by molar-refractivity contribution is -0.129. The summed E-state index contributed by atoms with van der Waals surface area (Å²) in [5.74, 6) is 0.117. The van der Waals surface area contributed by atoms with Gasteiger partial charge in [0.2, 0.25) is 15.9 Å². The lowest BCUT2D eigenvalue weighted by Crippen LogP contribution is -2.40. The number of hydrogen-bond donors (Lipinski definition) is 1. The van der Waals surface area contributed by atoms with Crippen molar-refractivity contribution in [2.24, 2.45) is 5.92 Å². The number of rotatable bonds is 7. The minimum absolute atomic E-state index is 0.000276. The summed E-state index contributed by atoms with van der Waals surface area (Å²) in [6.45, 7) is 4.54.